The first kappa shape index (κ1) is 26.0. The Morgan fingerprint density at radius 2 is 1.88 bits per heavy atom. The Balaban J connectivity index is 1.23. The van der Waals surface area contributed by atoms with Crippen LogP contribution >= 0.6 is 0 Å². The predicted molar refractivity (Wildman–Crippen MR) is 154 cm³/mol. The standard InChI is InChI=1S/C35H41NO4/c1-2-22(19-24-7-4-3-5-8-24)20-30-35-16-13-25(21-28(35)33(37)40-30)26-11-12-27-29(39-34(38)31(27)32(26)35)10-6-9-23-14-17-36-18-15-23/h3-5,7-8,10,20-23,25-26,32,36H,2,6,9,11-19H2,1H3/b29-10?,30-20-/t22-,25-,26-,32+,35+/m0/s1. The molecule has 5 heteroatoms. The number of esters is 2. The van der Waals surface area contributed by atoms with Gasteiger partial charge < -0.3 is 14.8 Å². The first-order valence-corrected chi connectivity index (χ1v) is 15.7. The highest BCUT2D eigenvalue weighted by atomic mass is 16.5. The highest BCUT2D eigenvalue weighted by Gasteiger charge is 2.66. The van der Waals surface area contributed by atoms with Gasteiger partial charge in [0.15, 0.2) is 0 Å². The van der Waals surface area contributed by atoms with Gasteiger partial charge in [-0.3, -0.25) is 0 Å². The van der Waals surface area contributed by atoms with Crippen LogP contribution in [0.2, 0.25) is 0 Å². The second kappa shape index (κ2) is 10.5. The average molecular weight is 540 g/mol. The molecule has 5 atom stereocenters. The Morgan fingerprint density at radius 1 is 1.05 bits per heavy atom. The largest absolute Gasteiger partial charge is 0.427 e. The van der Waals surface area contributed by atoms with Gasteiger partial charge in [-0.2, -0.15) is 0 Å². The van der Waals surface area contributed by atoms with E-state index in [0.29, 0.717) is 11.8 Å². The number of cyclic esters (lactones) is 2. The molecule has 1 N–H and O–H groups in total. The molecular weight excluding hydrogens is 498 g/mol. The van der Waals surface area contributed by atoms with Gasteiger partial charge in [-0.25, -0.2) is 9.59 Å². The Bertz CT molecular complexity index is 1310. The van der Waals surface area contributed by atoms with Crippen LogP contribution in [-0.2, 0) is 25.5 Å². The Labute approximate surface area is 237 Å². The van der Waals surface area contributed by atoms with Crippen LogP contribution in [0.5, 0.6) is 0 Å². The van der Waals surface area contributed by atoms with Gasteiger partial charge in [-0.15, -0.1) is 0 Å². The van der Waals surface area contributed by atoms with Crippen LogP contribution in [0, 0.1) is 35.0 Å². The highest BCUT2D eigenvalue weighted by molar-refractivity contribution is 5.99. The fraction of sp³-hybridized carbons (Fsp3) is 0.543. The van der Waals surface area contributed by atoms with Crippen LogP contribution in [0.1, 0.15) is 70.3 Å². The molecule has 0 aromatic heterocycles. The first-order valence-electron chi connectivity index (χ1n) is 15.7. The van der Waals surface area contributed by atoms with Gasteiger partial charge >= 0.3 is 11.9 Å². The van der Waals surface area contributed by atoms with Crippen molar-refractivity contribution in [1.29, 1.82) is 0 Å². The first-order chi connectivity index (χ1) is 19.6. The summed E-state index contributed by atoms with van der Waals surface area (Å²) in [6.07, 6.45) is 16.9. The number of allylic oxidation sites excluding steroid dienone is 5. The van der Waals surface area contributed by atoms with Crippen molar-refractivity contribution in [2.75, 3.05) is 13.1 Å². The number of carbonyl (C=O) groups excluding carboxylic acids is 2. The maximum atomic E-state index is 13.6. The van der Waals surface area contributed by atoms with Crippen LogP contribution in [0.3, 0.4) is 0 Å². The molecule has 210 valence electrons. The molecule has 0 unspecified atom stereocenters. The van der Waals surface area contributed by atoms with Crippen LogP contribution < -0.4 is 5.32 Å². The van der Waals surface area contributed by atoms with Crippen LogP contribution in [-0.4, -0.2) is 25.0 Å². The van der Waals surface area contributed by atoms with E-state index in [9.17, 15) is 9.59 Å². The summed E-state index contributed by atoms with van der Waals surface area (Å²) in [5.41, 5.74) is 3.50. The van der Waals surface area contributed by atoms with E-state index in [2.05, 4.69) is 54.7 Å². The number of ether oxygens (including phenoxy) is 2. The average Bonchev–Trinajstić information content (AvgIpc) is 3.47. The van der Waals surface area contributed by atoms with Gasteiger partial charge in [-0.05, 0) is 119 Å². The van der Waals surface area contributed by atoms with Crippen molar-refractivity contribution in [2.24, 2.45) is 35.0 Å². The number of nitrogens with one attached hydrogen (secondary N) is 1. The third-order valence-corrected chi connectivity index (χ3v) is 10.8. The zero-order valence-corrected chi connectivity index (χ0v) is 23.6. The molecule has 1 aromatic carbocycles. The fourth-order valence-corrected chi connectivity index (χ4v) is 8.77. The maximum absolute atomic E-state index is 13.6. The normalized spacial score (nSPS) is 33.9. The van der Waals surface area contributed by atoms with Crippen molar-refractivity contribution < 1.29 is 19.1 Å². The van der Waals surface area contributed by atoms with Crippen molar-refractivity contribution in [2.45, 2.75) is 71.1 Å². The van der Waals surface area contributed by atoms with Crippen LogP contribution in [0.4, 0.5) is 0 Å². The van der Waals surface area contributed by atoms with Crippen molar-refractivity contribution in [1.82, 2.24) is 5.32 Å². The molecule has 0 radical (unpaired) electrons. The molecule has 2 saturated heterocycles. The number of hydrogen-bond acceptors (Lipinski definition) is 5. The Morgan fingerprint density at radius 3 is 2.67 bits per heavy atom. The van der Waals surface area contributed by atoms with E-state index >= 15 is 0 Å². The molecular formula is C35H41NO4. The van der Waals surface area contributed by atoms with Gasteiger partial charge in [0.05, 0.1) is 5.41 Å². The monoisotopic (exact) mass is 539 g/mol. The minimum Gasteiger partial charge on any atom is -0.427 e. The summed E-state index contributed by atoms with van der Waals surface area (Å²) in [4.78, 5) is 27.0. The third-order valence-electron chi connectivity index (χ3n) is 10.8. The number of fused-ring (bicyclic) bond motifs is 1. The molecule has 1 spiro atoms. The number of benzene rings is 1. The van der Waals surface area contributed by atoms with Crippen LogP contribution in [0.25, 0.3) is 0 Å². The second-order valence-corrected chi connectivity index (χ2v) is 12.8. The van der Waals surface area contributed by atoms with E-state index in [1.54, 1.807) is 0 Å². The van der Waals surface area contributed by atoms with Gasteiger partial charge in [0.2, 0.25) is 0 Å². The summed E-state index contributed by atoms with van der Waals surface area (Å²) < 4.78 is 12.2. The summed E-state index contributed by atoms with van der Waals surface area (Å²) in [6.45, 7) is 4.41. The molecule has 0 amide bonds. The van der Waals surface area contributed by atoms with Crippen molar-refractivity contribution in [3.8, 4) is 0 Å². The topological polar surface area (TPSA) is 64.6 Å². The molecule has 3 heterocycles. The Hall–Kier alpha value is -2.92. The summed E-state index contributed by atoms with van der Waals surface area (Å²) in [5.74, 6) is 2.85. The molecule has 40 heavy (non-hydrogen) atoms. The van der Waals surface area contributed by atoms with Crippen molar-refractivity contribution >= 4 is 11.9 Å². The minimum atomic E-state index is -0.537. The smallest absolute Gasteiger partial charge is 0.340 e. The zero-order valence-electron chi connectivity index (χ0n) is 23.6. The van der Waals surface area contributed by atoms with E-state index in [1.807, 2.05) is 6.07 Å². The molecule has 5 nitrogen and oxygen atoms in total. The highest BCUT2D eigenvalue weighted by Crippen LogP contribution is 2.68. The second-order valence-electron chi connectivity index (χ2n) is 12.8. The lowest BCUT2D eigenvalue weighted by Gasteiger charge is -2.54. The van der Waals surface area contributed by atoms with E-state index in [4.69, 9.17) is 9.47 Å². The van der Waals surface area contributed by atoms with E-state index in [0.717, 1.165) is 98.6 Å². The summed E-state index contributed by atoms with van der Waals surface area (Å²) in [5, 5.41) is 3.45. The third kappa shape index (κ3) is 4.24. The van der Waals surface area contributed by atoms with E-state index < -0.39 is 5.41 Å². The van der Waals surface area contributed by atoms with Crippen molar-refractivity contribution in [3.05, 3.63) is 82.4 Å². The zero-order chi connectivity index (χ0) is 27.3. The maximum Gasteiger partial charge on any atom is 0.340 e. The summed E-state index contributed by atoms with van der Waals surface area (Å²) >= 11 is 0. The fourth-order valence-electron chi connectivity index (χ4n) is 8.77. The van der Waals surface area contributed by atoms with Gasteiger partial charge in [-0.1, -0.05) is 43.3 Å². The number of hydrogen-bond donors (Lipinski definition) is 1. The molecule has 7 aliphatic rings. The van der Waals surface area contributed by atoms with E-state index in [1.165, 1.54) is 18.4 Å². The lowest BCUT2D eigenvalue weighted by Crippen LogP contribution is -2.50. The molecule has 2 bridgehead atoms. The molecule has 3 fully saturated rings. The predicted octanol–water partition coefficient (Wildman–Crippen LogP) is 6.58. The summed E-state index contributed by atoms with van der Waals surface area (Å²) in [6, 6.07) is 10.5. The van der Waals surface area contributed by atoms with Gasteiger partial charge in [0.25, 0.3) is 0 Å². The quantitative estimate of drug-likeness (QED) is 0.397. The van der Waals surface area contributed by atoms with Crippen molar-refractivity contribution in [3.63, 3.8) is 0 Å². The Kier molecular flexibility index (Phi) is 6.82. The molecule has 1 aromatic rings. The molecule has 1 saturated carbocycles. The SMILES string of the molecule is CC[C@H](/C=C1\OC(=O)C2=C[C@@H]3CC[C@@]21[C@H]1C2=C(CC[C@@H]31)C(=CCCC1CCNCC1)OC2=O)Cc1ccccc1. The number of piperidine rings is 1. The lowest BCUT2D eigenvalue weighted by atomic mass is 9.46. The molecule has 4 aliphatic carbocycles. The van der Waals surface area contributed by atoms with Gasteiger partial charge in [0.1, 0.15) is 11.5 Å². The minimum absolute atomic E-state index is 0.0373. The van der Waals surface area contributed by atoms with Gasteiger partial charge in [0, 0.05) is 22.6 Å². The number of carbonyl (C=O) groups is 2. The molecule has 3 aliphatic heterocycles. The van der Waals surface area contributed by atoms with E-state index in [-0.39, 0.29) is 23.8 Å². The summed E-state index contributed by atoms with van der Waals surface area (Å²) in [7, 11) is 0. The van der Waals surface area contributed by atoms with Crippen LogP contribution in [0.15, 0.2) is 76.8 Å². The molecule has 8 rings (SSSR count). The lowest BCUT2D eigenvalue weighted by molar-refractivity contribution is -0.135. The number of rotatable bonds is 7.